The molecule has 0 bridgehead atoms. The Balaban J connectivity index is 1.07. The van der Waals surface area contributed by atoms with Gasteiger partial charge in [-0.2, -0.15) is 5.26 Å². The molecular formula is C85H45N5O4. The number of hydrogen-bond acceptors (Lipinski definition) is 5. The maximum atomic E-state index is 13.4. The predicted molar refractivity (Wildman–Crippen MR) is 383 cm³/mol. The number of fused-ring (bicyclic) bond motifs is 24. The highest BCUT2D eigenvalue weighted by Gasteiger charge is 2.36. The first-order valence-electron chi connectivity index (χ1n) is 31.7. The number of aromatic nitrogens is 4. The normalized spacial score (nSPS) is 12.5. The Bertz CT molecular complexity index is 6430. The Morgan fingerprint density at radius 2 is 0.468 bits per heavy atom. The molecule has 0 aliphatic heterocycles. The van der Waals surface area contributed by atoms with Gasteiger partial charge in [0.1, 0.15) is 56.3 Å². The van der Waals surface area contributed by atoms with Crippen molar-refractivity contribution < 1.29 is 17.7 Å². The van der Waals surface area contributed by atoms with Crippen LogP contribution in [0.1, 0.15) is 5.56 Å². The van der Waals surface area contributed by atoms with Crippen molar-refractivity contribution in [2.24, 2.45) is 0 Å². The lowest BCUT2D eigenvalue weighted by atomic mass is 9.93. The van der Waals surface area contributed by atoms with Crippen molar-refractivity contribution in [1.29, 1.82) is 5.26 Å². The van der Waals surface area contributed by atoms with Gasteiger partial charge in [-0.15, -0.1) is 0 Å². The quantitative estimate of drug-likeness (QED) is 0.171. The van der Waals surface area contributed by atoms with E-state index in [2.05, 4.69) is 249 Å². The summed E-state index contributed by atoms with van der Waals surface area (Å²) >= 11 is 0. The maximum Gasteiger partial charge on any atom is 0.136 e. The van der Waals surface area contributed by atoms with E-state index in [1.807, 2.05) is 48.5 Å². The van der Waals surface area contributed by atoms with E-state index in [1.165, 1.54) is 0 Å². The van der Waals surface area contributed by atoms with Crippen LogP contribution in [0.3, 0.4) is 0 Å². The van der Waals surface area contributed by atoms with Gasteiger partial charge in [-0.25, -0.2) is 0 Å². The van der Waals surface area contributed by atoms with E-state index in [9.17, 15) is 5.26 Å². The van der Waals surface area contributed by atoms with Crippen LogP contribution >= 0.6 is 0 Å². The minimum absolute atomic E-state index is 0.460. The molecule has 14 aromatic carbocycles. The number of para-hydroxylation sites is 8. The van der Waals surface area contributed by atoms with Crippen LogP contribution in [0, 0.1) is 11.3 Å². The number of rotatable bonds is 5. The summed E-state index contributed by atoms with van der Waals surface area (Å²) in [5, 5.41) is 29.4. The number of hydrogen-bond donors (Lipinski definition) is 0. The van der Waals surface area contributed by atoms with Crippen LogP contribution in [-0.4, -0.2) is 18.3 Å². The zero-order chi connectivity index (χ0) is 61.2. The molecule has 22 aromatic rings. The SMILES string of the molecule is N#Cc1c(-n2c3ccccc3c3ccccc32)c(-n2c3cc4c(cc3c3cc5oc6ccccc6c5cc32)oc2ccccc24)c(-c2ccccc2)c(-n2c3cc4c(cc3c3cc5oc6ccccc6c5cc32)oc2ccccc24)c1-n1c2ccccc2c2ccccc21. The fraction of sp³-hybridized carbons (Fsp3) is 0. The van der Waals surface area contributed by atoms with Crippen molar-refractivity contribution in [2.45, 2.75) is 0 Å². The van der Waals surface area contributed by atoms with Gasteiger partial charge in [0.25, 0.3) is 0 Å². The van der Waals surface area contributed by atoms with E-state index in [1.54, 1.807) is 0 Å². The molecule has 8 heterocycles. The van der Waals surface area contributed by atoms with Crippen LogP contribution in [0.5, 0.6) is 0 Å². The molecule has 9 nitrogen and oxygen atoms in total. The van der Waals surface area contributed by atoms with E-state index in [-0.39, 0.29) is 0 Å². The standard InChI is InChI=1S/C85H45N5O4/c86-46-64-82(87-65-30-12-4-22-48(65)49-23-5-13-31-66(49)87)84(89-69-38-60-52-26-8-16-34-73(52)91-77(60)42-56(69)57-43-78-61(39-70(57)89)53-27-9-17-35-74(53)92-78)81(47-20-2-1-3-21-47)85(83(64)88-67-32-14-6-24-50(67)51-25-7-15-33-68(51)88)90-71-40-62-54-28-10-18-36-75(54)93-79(62)44-58(71)59-45-80-63(41-72(59)90)55-29-11-19-37-76(55)94-80/h1-45H. The summed E-state index contributed by atoms with van der Waals surface area (Å²) in [5.74, 6) is 0. The van der Waals surface area contributed by atoms with Crippen molar-refractivity contribution in [3.8, 4) is 39.9 Å². The lowest BCUT2D eigenvalue weighted by molar-refractivity contribution is 0.669. The minimum atomic E-state index is 0.460. The molecule has 0 amide bonds. The molecule has 0 atom stereocenters. The first kappa shape index (κ1) is 49.8. The molecule has 0 saturated carbocycles. The van der Waals surface area contributed by atoms with Gasteiger partial charge in [-0.05, 0) is 103 Å². The lowest BCUT2D eigenvalue weighted by Gasteiger charge is -2.29. The molecule has 0 saturated heterocycles. The summed E-state index contributed by atoms with van der Waals surface area (Å²) in [6.07, 6.45) is 0. The molecule has 0 radical (unpaired) electrons. The molecule has 434 valence electrons. The summed E-state index contributed by atoms with van der Waals surface area (Å²) in [6, 6.07) is 99.9. The Labute approximate surface area is 531 Å². The smallest absolute Gasteiger partial charge is 0.136 e. The second-order valence-corrected chi connectivity index (χ2v) is 24.9. The zero-order valence-corrected chi connectivity index (χ0v) is 49.8. The van der Waals surface area contributed by atoms with Crippen LogP contribution in [0.25, 0.3) is 209 Å². The number of benzene rings is 14. The Morgan fingerprint density at radius 3 is 0.766 bits per heavy atom. The Morgan fingerprint density at radius 1 is 0.213 bits per heavy atom. The second kappa shape index (κ2) is 18.1. The van der Waals surface area contributed by atoms with Gasteiger partial charge in [0.2, 0.25) is 0 Å². The van der Waals surface area contributed by atoms with Crippen LogP contribution in [0.4, 0.5) is 0 Å². The molecule has 94 heavy (non-hydrogen) atoms. The molecule has 0 N–H and O–H groups in total. The van der Waals surface area contributed by atoms with Crippen LogP contribution in [0.15, 0.2) is 291 Å². The molecule has 0 aliphatic rings. The van der Waals surface area contributed by atoms with Gasteiger partial charge in [0.15, 0.2) is 0 Å². The van der Waals surface area contributed by atoms with E-state index >= 15 is 0 Å². The second-order valence-electron chi connectivity index (χ2n) is 24.9. The van der Waals surface area contributed by atoms with E-state index < -0.39 is 0 Å². The summed E-state index contributed by atoms with van der Waals surface area (Å²) in [7, 11) is 0. The third kappa shape index (κ3) is 6.44. The summed E-state index contributed by atoms with van der Waals surface area (Å²) in [6.45, 7) is 0. The van der Waals surface area contributed by atoms with Crippen LogP contribution < -0.4 is 0 Å². The zero-order valence-electron chi connectivity index (χ0n) is 49.8. The molecule has 0 aliphatic carbocycles. The largest absolute Gasteiger partial charge is 0.456 e. The maximum absolute atomic E-state index is 13.4. The highest BCUT2D eigenvalue weighted by molar-refractivity contribution is 6.25. The van der Waals surface area contributed by atoms with E-state index in [0.717, 1.165) is 197 Å². The lowest BCUT2D eigenvalue weighted by Crippen LogP contribution is -2.16. The van der Waals surface area contributed by atoms with Gasteiger partial charge in [-0.3, -0.25) is 0 Å². The third-order valence-electron chi connectivity index (χ3n) is 20.1. The van der Waals surface area contributed by atoms with Crippen molar-refractivity contribution >= 4 is 175 Å². The van der Waals surface area contributed by atoms with Crippen LogP contribution in [0.2, 0.25) is 0 Å². The van der Waals surface area contributed by atoms with Crippen molar-refractivity contribution in [3.63, 3.8) is 0 Å². The van der Waals surface area contributed by atoms with Gasteiger partial charge in [-0.1, -0.05) is 176 Å². The highest BCUT2D eigenvalue weighted by atomic mass is 16.3. The minimum Gasteiger partial charge on any atom is -0.456 e. The topological polar surface area (TPSA) is 96.1 Å². The van der Waals surface area contributed by atoms with Gasteiger partial charge >= 0.3 is 0 Å². The average molecular weight is 1200 g/mol. The Kier molecular flexibility index (Phi) is 9.59. The number of nitriles is 1. The van der Waals surface area contributed by atoms with Gasteiger partial charge < -0.3 is 35.9 Å². The van der Waals surface area contributed by atoms with Crippen LogP contribution in [-0.2, 0) is 0 Å². The fourth-order valence-corrected chi connectivity index (χ4v) is 16.3. The van der Waals surface area contributed by atoms with Gasteiger partial charge in [0.05, 0.1) is 66.9 Å². The Hall–Kier alpha value is -13.0. The first-order chi connectivity index (χ1) is 46.6. The summed E-state index contributed by atoms with van der Waals surface area (Å²) < 4.78 is 37.1. The molecular weight excluding hydrogens is 1150 g/mol. The van der Waals surface area contributed by atoms with Gasteiger partial charge in [0, 0.05) is 91.7 Å². The fourth-order valence-electron chi connectivity index (χ4n) is 16.3. The van der Waals surface area contributed by atoms with Crippen molar-refractivity contribution in [3.05, 3.63) is 279 Å². The molecule has 22 rings (SSSR count). The number of furan rings is 4. The molecule has 0 spiro atoms. The number of nitrogens with zero attached hydrogens (tertiary/aromatic N) is 5. The molecule has 8 aromatic heterocycles. The average Bonchev–Trinajstić information content (AvgIpc) is 1.41. The molecule has 0 unspecified atom stereocenters. The van der Waals surface area contributed by atoms with E-state index in [4.69, 9.17) is 17.7 Å². The summed E-state index contributed by atoms with van der Waals surface area (Å²) in [5.41, 5.74) is 19.0. The highest BCUT2D eigenvalue weighted by Crippen LogP contribution is 2.54. The van der Waals surface area contributed by atoms with Crippen molar-refractivity contribution in [2.75, 3.05) is 0 Å². The van der Waals surface area contributed by atoms with Crippen molar-refractivity contribution in [1.82, 2.24) is 18.3 Å². The first-order valence-corrected chi connectivity index (χ1v) is 31.7. The summed E-state index contributed by atoms with van der Waals surface area (Å²) in [4.78, 5) is 0. The predicted octanol–water partition coefficient (Wildman–Crippen LogP) is 23.2. The third-order valence-corrected chi connectivity index (χ3v) is 20.1. The monoisotopic (exact) mass is 1200 g/mol. The molecule has 0 fully saturated rings. The van der Waals surface area contributed by atoms with E-state index in [0.29, 0.717) is 16.9 Å². The molecule has 9 heteroatoms.